The molecular weight excluding hydrogens is 236 g/mol. The minimum Gasteiger partial charge on any atom is -0.497 e. The molecule has 2 atom stereocenters. The molecule has 3 nitrogen and oxygen atoms in total. The van der Waals surface area contributed by atoms with Crippen LogP contribution in [0.15, 0.2) is 24.3 Å². The summed E-state index contributed by atoms with van der Waals surface area (Å²) in [6.07, 6.45) is 2.70. The molecule has 3 aliphatic heterocycles. The van der Waals surface area contributed by atoms with Gasteiger partial charge < -0.3 is 15.4 Å². The molecular formula is C16H24N2O. The largest absolute Gasteiger partial charge is 0.497 e. The lowest BCUT2D eigenvalue weighted by Gasteiger charge is -2.47. The summed E-state index contributed by atoms with van der Waals surface area (Å²) >= 11 is 0. The molecule has 3 aliphatic rings. The maximum absolute atomic E-state index is 6.10. The van der Waals surface area contributed by atoms with Gasteiger partial charge in [-0.25, -0.2) is 0 Å². The van der Waals surface area contributed by atoms with E-state index in [0.717, 1.165) is 24.1 Å². The molecule has 3 fully saturated rings. The number of nitrogens with two attached hydrogens (primary N) is 1. The predicted octanol–water partition coefficient (Wildman–Crippen LogP) is 2.08. The number of fused-ring (bicyclic) bond motifs is 3. The van der Waals surface area contributed by atoms with E-state index in [4.69, 9.17) is 10.5 Å². The Morgan fingerprint density at radius 3 is 2.74 bits per heavy atom. The fourth-order valence-corrected chi connectivity index (χ4v) is 3.90. The second kappa shape index (κ2) is 5.51. The molecule has 0 spiro atoms. The number of nitrogens with zero attached hydrogens (tertiary/aromatic N) is 1. The van der Waals surface area contributed by atoms with Crippen LogP contribution in [0.5, 0.6) is 5.75 Å². The van der Waals surface area contributed by atoms with Crippen LogP contribution in [0.1, 0.15) is 24.3 Å². The molecule has 1 aromatic carbocycles. The number of ether oxygens (including phenoxy) is 1. The Kier molecular flexibility index (Phi) is 3.76. The standard InChI is InChI=1S/C16H24N2O/c1-19-14-4-2-3-13(9-14)15(10-17)16-11-18-7-5-12(16)6-8-18/h2-4,9,12,15-16H,5-8,10-11,17H2,1H3. The third-order valence-electron chi connectivity index (χ3n) is 5.00. The van der Waals surface area contributed by atoms with Crippen molar-refractivity contribution in [3.63, 3.8) is 0 Å². The van der Waals surface area contributed by atoms with Crippen LogP contribution in [0, 0.1) is 11.8 Å². The third-order valence-corrected chi connectivity index (χ3v) is 5.00. The molecule has 0 aliphatic carbocycles. The van der Waals surface area contributed by atoms with Crippen LogP contribution in [-0.2, 0) is 0 Å². The van der Waals surface area contributed by atoms with Gasteiger partial charge in [-0.15, -0.1) is 0 Å². The molecule has 4 rings (SSSR count). The Hall–Kier alpha value is -1.06. The minimum atomic E-state index is 0.475. The number of methoxy groups -OCH3 is 1. The molecule has 104 valence electrons. The van der Waals surface area contributed by atoms with Crippen LogP contribution < -0.4 is 10.5 Å². The van der Waals surface area contributed by atoms with Crippen molar-refractivity contribution >= 4 is 0 Å². The van der Waals surface area contributed by atoms with Gasteiger partial charge >= 0.3 is 0 Å². The minimum absolute atomic E-state index is 0.475. The van der Waals surface area contributed by atoms with Crippen LogP contribution in [0.25, 0.3) is 0 Å². The molecule has 2 bridgehead atoms. The molecule has 0 radical (unpaired) electrons. The van der Waals surface area contributed by atoms with Gasteiger partial charge in [-0.3, -0.25) is 0 Å². The van der Waals surface area contributed by atoms with Crippen LogP contribution in [0.2, 0.25) is 0 Å². The predicted molar refractivity (Wildman–Crippen MR) is 77.4 cm³/mol. The lowest BCUT2D eigenvalue weighted by molar-refractivity contribution is 0.0378. The Morgan fingerprint density at radius 2 is 2.16 bits per heavy atom. The topological polar surface area (TPSA) is 38.5 Å². The quantitative estimate of drug-likeness (QED) is 0.901. The van der Waals surface area contributed by atoms with Crippen molar-refractivity contribution in [3.05, 3.63) is 29.8 Å². The van der Waals surface area contributed by atoms with Gasteiger partial charge in [-0.1, -0.05) is 12.1 Å². The number of benzene rings is 1. The van der Waals surface area contributed by atoms with E-state index >= 15 is 0 Å². The van der Waals surface area contributed by atoms with Crippen molar-refractivity contribution in [1.29, 1.82) is 0 Å². The van der Waals surface area contributed by atoms with Crippen LogP contribution in [0.4, 0.5) is 0 Å². The SMILES string of the molecule is COc1cccc(C(CN)C2CN3CCC2CC3)c1. The van der Waals surface area contributed by atoms with Crippen molar-refractivity contribution in [3.8, 4) is 5.75 Å². The number of hydrogen-bond donors (Lipinski definition) is 1. The molecule has 0 amide bonds. The zero-order valence-corrected chi connectivity index (χ0v) is 11.7. The summed E-state index contributed by atoms with van der Waals surface area (Å²) in [6.45, 7) is 4.54. The van der Waals surface area contributed by atoms with Crippen molar-refractivity contribution in [1.82, 2.24) is 4.90 Å². The van der Waals surface area contributed by atoms with Crippen molar-refractivity contribution in [2.24, 2.45) is 17.6 Å². The summed E-state index contributed by atoms with van der Waals surface area (Å²) < 4.78 is 5.35. The highest BCUT2D eigenvalue weighted by Gasteiger charge is 2.38. The summed E-state index contributed by atoms with van der Waals surface area (Å²) in [4.78, 5) is 2.60. The van der Waals surface area contributed by atoms with Gasteiger partial charge in [0.15, 0.2) is 0 Å². The molecule has 1 aromatic rings. The lowest BCUT2D eigenvalue weighted by Crippen LogP contribution is -2.50. The molecule has 3 heterocycles. The highest BCUT2D eigenvalue weighted by atomic mass is 16.5. The van der Waals surface area contributed by atoms with Gasteiger partial charge in [0.25, 0.3) is 0 Å². The smallest absolute Gasteiger partial charge is 0.119 e. The van der Waals surface area contributed by atoms with E-state index < -0.39 is 0 Å². The second-order valence-electron chi connectivity index (χ2n) is 5.92. The first-order valence-electron chi connectivity index (χ1n) is 7.38. The fraction of sp³-hybridized carbons (Fsp3) is 0.625. The van der Waals surface area contributed by atoms with Gasteiger partial charge in [0.2, 0.25) is 0 Å². The van der Waals surface area contributed by atoms with Gasteiger partial charge in [-0.2, -0.15) is 0 Å². The highest BCUT2D eigenvalue weighted by molar-refractivity contribution is 5.31. The van der Waals surface area contributed by atoms with E-state index in [9.17, 15) is 0 Å². The first-order chi connectivity index (χ1) is 9.31. The molecule has 0 saturated carbocycles. The van der Waals surface area contributed by atoms with Crippen molar-refractivity contribution in [2.75, 3.05) is 33.3 Å². The Bertz CT molecular complexity index is 427. The summed E-state index contributed by atoms with van der Waals surface area (Å²) in [5.41, 5.74) is 7.45. The van der Waals surface area contributed by atoms with Gasteiger partial charge in [0, 0.05) is 12.5 Å². The van der Waals surface area contributed by atoms with Crippen LogP contribution in [0.3, 0.4) is 0 Å². The maximum atomic E-state index is 6.10. The second-order valence-corrected chi connectivity index (χ2v) is 5.92. The summed E-state index contributed by atoms with van der Waals surface area (Å²) in [5.74, 6) is 3.00. The van der Waals surface area contributed by atoms with Gasteiger partial charge in [0.1, 0.15) is 5.75 Å². The molecule has 19 heavy (non-hydrogen) atoms. The molecule has 2 unspecified atom stereocenters. The number of hydrogen-bond acceptors (Lipinski definition) is 3. The van der Waals surface area contributed by atoms with E-state index in [-0.39, 0.29) is 0 Å². The van der Waals surface area contributed by atoms with E-state index in [2.05, 4.69) is 23.1 Å². The van der Waals surface area contributed by atoms with Gasteiger partial charge in [-0.05, 0) is 62.0 Å². The third kappa shape index (κ3) is 2.49. The average molecular weight is 260 g/mol. The average Bonchev–Trinajstić information content (AvgIpc) is 2.49. The Balaban J connectivity index is 1.83. The lowest BCUT2D eigenvalue weighted by atomic mass is 9.70. The van der Waals surface area contributed by atoms with E-state index in [1.807, 2.05) is 6.07 Å². The molecule has 3 saturated heterocycles. The van der Waals surface area contributed by atoms with E-state index in [1.165, 1.54) is 38.0 Å². The van der Waals surface area contributed by atoms with E-state index in [1.54, 1.807) is 7.11 Å². The van der Waals surface area contributed by atoms with Gasteiger partial charge in [0.05, 0.1) is 7.11 Å². The Labute approximate surface area is 115 Å². The first-order valence-corrected chi connectivity index (χ1v) is 7.38. The van der Waals surface area contributed by atoms with E-state index in [0.29, 0.717) is 5.92 Å². The number of piperidine rings is 3. The number of rotatable bonds is 4. The molecule has 2 N–H and O–H groups in total. The molecule has 0 aromatic heterocycles. The summed E-state index contributed by atoms with van der Waals surface area (Å²) in [6, 6.07) is 8.46. The van der Waals surface area contributed by atoms with Crippen LogP contribution in [-0.4, -0.2) is 38.2 Å². The molecule has 3 heteroatoms. The fourth-order valence-electron chi connectivity index (χ4n) is 3.90. The normalized spacial score (nSPS) is 31.2. The Morgan fingerprint density at radius 1 is 1.37 bits per heavy atom. The van der Waals surface area contributed by atoms with Crippen LogP contribution >= 0.6 is 0 Å². The van der Waals surface area contributed by atoms with Crippen molar-refractivity contribution < 1.29 is 4.74 Å². The zero-order valence-electron chi connectivity index (χ0n) is 11.7. The zero-order chi connectivity index (χ0) is 13.2. The summed E-state index contributed by atoms with van der Waals surface area (Å²) in [5, 5.41) is 0. The van der Waals surface area contributed by atoms with Crippen molar-refractivity contribution in [2.45, 2.75) is 18.8 Å². The first kappa shape index (κ1) is 12.9. The monoisotopic (exact) mass is 260 g/mol. The highest BCUT2D eigenvalue weighted by Crippen LogP contribution is 2.40. The maximum Gasteiger partial charge on any atom is 0.119 e. The summed E-state index contributed by atoms with van der Waals surface area (Å²) in [7, 11) is 1.73.